The number of fused-ring (bicyclic) bond motifs is 6. The van der Waals surface area contributed by atoms with E-state index in [9.17, 15) is 0 Å². The number of nitrogens with zero attached hydrogens (tertiary/aromatic N) is 3. The van der Waals surface area contributed by atoms with Gasteiger partial charge in [0, 0.05) is 17.0 Å². The van der Waals surface area contributed by atoms with Gasteiger partial charge in [0.1, 0.15) is 0 Å². The van der Waals surface area contributed by atoms with Crippen LogP contribution in [0.25, 0.3) is 71.8 Å². The van der Waals surface area contributed by atoms with Gasteiger partial charge in [0.25, 0.3) is 0 Å². The molecule has 7 aromatic carbocycles. The molecule has 0 spiro atoms. The fourth-order valence-corrected chi connectivity index (χ4v) is 7.06. The standard InChI is InChI=1S/C45H31N3/c1-3-13-30(14-4-1)43-46-44(31-15-5-2-6-16-31)48-45(47-43)36-20-12-19-34(28-36)32-17-11-18-33(27-32)35-25-26-41-39-23-8-7-21-37(39)38-22-9-10-24-40(38)42(41)29-35/h1-27,29,34H,28H2. The fraction of sp³-hybridized carbons (Fsp3) is 0.0444. The SMILES string of the molecule is C1=CC(c2cccc(-c3ccc4c5ccccc5c5ccccc5c4c3)c2)CC(c2nc(-c3ccccc3)nc(-c3ccccc3)n2)=C1. The van der Waals surface area contributed by atoms with E-state index in [0.29, 0.717) is 11.6 Å². The van der Waals surface area contributed by atoms with E-state index in [1.54, 1.807) is 0 Å². The van der Waals surface area contributed by atoms with Gasteiger partial charge in [-0.15, -0.1) is 0 Å². The summed E-state index contributed by atoms with van der Waals surface area (Å²) in [6.07, 6.45) is 7.40. The molecule has 226 valence electrons. The van der Waals surface area contributed by atoms with Crippen LogP contribution in [-0.4, -0.2) is 15.0 Å². The summed E-state index contributed by atoms with van der Waals surface area (Å²) in [5.41, 5.74) is 6.77. The third kappa shape index (κ3) is 5.06. The Morgan fingerprint density at radius 1 is 0.396 bits per heavy atom. The summed E-state index contributed by atoms with van der Waals surface area (Å²) < 4.78 is 0. The minimum absolute atomic E-state index is 0.201. The molecule has 3 nitrogen and oxygen atoms in total. The first kappa shape index (κ1) is 28.1. The molecule has 8 aromatic rings. The van der Waals surface area contributed by atoms with Crippen molar-refractivity contribution in [3.05, 3.63) is 181 Å². The molecule has 0 bridgehead atoms. The molecule has 0 fully saturated rings. The highest BCUT2D eigenvalue weighted by molar-refractivity contribution is 6.25. The average Bonchev–Trinajstić information content (AvgIpc) is 3.18. The lowest BCUT2D eigenvalue weighted by Gasteiger charge is -2.20. The van der Waals surface area contributed by atoms with Crippen molar-refractivity contribution in [2.45, 2.75) is 12.3 Å². The van der Waals surface area contributed by atoms with E-state index in [1.165, 1.54) is 49.0 Å². The highest BCUT2D eigenvalue weighted by atomic mass is 15.0. The lowest BCUT2D eigenvalue weighted by Crippen LogP contribution is -2.07. The number of allylic oxidation sites excluding steroid dienone is 4. The van der Waals surface area contributed by atoms with Gasteiger partial charge in [-0.05, 0) is 67.1 Å². The number of hydrogen-bond donors (Lipinski definition) is 0. The Morgan fingerprint density at radius 2 is 0.896 bits per heavy atom. The van der Waals surface area contributed by atoms with E-state index < -0.39 is 0 Å². The summed E-state index contributed by atoms with van der Waals surface area (Å²) in [7, 11) is 0. The third-order valence-corrected chi connectivity index (χ3v) is 9.46. The Morgan fingerprint density at radius 3 is 1.52 bits per heavy atom. The van der Waals surface area contributed by atoms with Crippen molar-refractivity contribution in [1.29, 1.82) is 0 Å². The van der Waals surface area contributed by atoms with Gasteiger partial charge < -0.3 is 0 Å². The molecule has 1 aliphatic rings. The Labute approximate surface area is 279 Å². The third-order valence-electron chi connectivity index (χ3n) is 9.46. The monoisotopic (exact) mass is 613 g/mol. The molecule has 0 N–H and O–H groups in total. The maximum Gasteiger partial charge on any atom is 0.164 e. The van der Waals surface area contributed by atoms with Gasteiger partial charge in [0.2, 0.25) is 0 Å². The zero-order chi connectivity index (χ0) is 31.9. The van der Waals surface area contributed by atoms with Gasteiger partial charge in [-0.3, -0.25) is 0 Å². The van der Waals surface area contributed by atoms with Crippen LogP contribution in [0, 0.1) is 0 Å². The van der Waals surface area contributed by atoms with Crippen molar-refractivity contribution in [2.24, 2.45) is 0 Å². The van der Waals surface area contributed by atoms with Crippen molar-refractivity contribution in [3.63, 3.8) is 0 Å². The molecule has 9 rings (SSSR count). The maximum atomic E-state index is 5.00. The van der Waals surface area contributed by atoms with E-state index in [0.717, 1.165) is 28.9 Å². The van der Waals surface area contributed by atoms with Crippen LogP contribution in [0.4, 0.5) is 0 Å². The first-order valence-electron chi connectivity index (χ1n) is 16.5. The molecule has 0 saturated carbocycles. The lowest BCUT2D eigenvalue weighted by atomic mass is 9.86. The molecule has 1 aromatic heterocycles. The number of benzene rings is 7. The van der Waals surface area contributed by atoms with Gasteiger partial charge in [0.15, 0.2) is 17.5 Å². The zero-order valence-electron chi connectivity index (χ0n) is 26.3. The van der Waals surface area contributed by atoms with Gasteiger partial charge in [-0.1, -0.05) is 164 Å². The Kier molecular flexibility index (Phi) is 6.94. The fourth-order valence-electron chi connectivity index (χ4n) is 7.06. The summed E-state index contributed by atoms with van der Waals surface area (Å²) in [5.74, 6) is 2.30. The Balaban J connectivity index is 1.08. The molecular formula is C45H31N3. The Bertz CT molecular complexity index is 2440. The van der Waals surface area contributed by atoms with Crippen LogP contribution < -0.4 is 0 Å². The van der Waals surface area contributed by atoms with Crippen LogP contribution in [0.5, 0.6) is 0 Å². The van der Waals surface area contributed by atoms with Crippen LogP contribution in [0.15, 0.2) is 170 Å². The van der Waals surface area contributed by atoms with Crippen molar-refractivity contribution in [3.8, 4) is 33.9 Å². The maximum absolute atomic E-state index is 5.00. The first-order chi connectivity index (χ1) is 23.8. The number of hydrogen-bond acceptors (Lipinski definition) is 3. The van der Waals surface area contributed by atoms with E-state index >= 15 is 0 Å². The predicted molar refractivity (Wildman–Crippen MR) is 200 cm³/mol. The van der Waals surface area contributed by atoms with E-state index in [4.69, 9.17) is 15.0 Å². The molecule has 0 amide bonds. The molecular weight excluding hydrogens is 583 g/mol. The molecule has 0 aliphatic heterocycles. The molecule has 1 unspecified atom stereocenters. The van der Waals surface area contributed by atoms with Crippen LogP contribution >= 0.6 is 0 Å². The topological polar surface area (TPSA) is 38.7 Å². The minimum atomic E-state index is 0.201. The summed E-state index contributed by atoms with van der Waals surface area (Å²) >= 11 is 0. The molecule has 1 heterocycles. The van der Waals surface area contributed by atoms with E-state index in [2.05, 4.69) is 133 Å². The number of aromatic nitrogens is 3. The van der Waals surface area contributed by atoms with E-state index in [1.807, 2.05) is 36.4 Å². The van der Waals surface area contributed by atoms with Gasteiger partial charge >= 0.3 is 0 Å². The predicted octanol–water partition coefficient (Wildman–Crippen LogP) is 11.5. The van der Waals surface area contributed by atoms with Crippen molar-refractivity contribution < 1.29 is 0 Å². The van der Waals surface area contributed by atoms with Crippen LogP contribution in [0.2, 0.25) is 0 Å². The molecule has 1 atom stereocenters. The smallest absolute Gasteiger partial charge is 0.164 e. The summed E-state index contributed by atoms with van der Waals surface area (Å²) in [6.45, 7) is 0. The van der Waals surface area contributed by atoms with Crippen LogP contribution in [-0.2, 0) is 0 Å². The van der Waals surface area contributed by atoms with Crippen LogP contribution in [0.1, 0.15) is 23.7 Å². The number of rotatable bonds is 5. The highest BCUT2D eigenvalue weighted by Crippen LogP contribution is 2.39. The highest BCUT2D eigenvalue weighted by Gasteiger charge is 2.20. The minimum Gasteiger partial charge on any atom is -0.209 e. The van der Waals surface area contributed by atoms with Crippen molar-refractivity contribution in [1.82, 2.24) is 15.0 Å². The molecule has 3 heteroatoms. The van der Waals surface area contributed by atoms with Gasteiger partial charge in [0.05, 0.1) is 0 Å². The quantitative estimate of drug-likeness (QED) is 0.181. The molecule has 48 heavy (non-hydrogen) atoms. The van der Waals surface area contributed by atoms with Crippen molar-refractivity contribution >= 4 is 37.9 Å². The summed E-state index contributed by atoms with van der Waals surface area (Å²) in [6, 6.07) is 53.7. The average molecular weight is 614 g/mol. The second-order valence-corrected chi connectivity index (χ2v) is 12.4. The molecule has 0 saturated heterocycles. The summed E-state index contributed by atoms with van der Waals surface area (Å²) in [5, 5.41) is 7.75. The second kappa shape index (κ2) is 11.9. The largest absolute Gasteiger partial charge is 0.209 e. The van der Waals surface area contributed by atoms with Gasteiger partial charge in [-0.25, -0.2) is 15.0 Å². The second-order valence-electron chi connectivity index (χ2n) is 12.4. The first-order valence-corrected chi connectivity index (χ1v) is 16.5. The molecule has 0 radical (unpaired) electrons. The molecule has 1 aliphatic carbocycles. The van der Waals surface area contributed by atoms with E-state index in [-0.39, 0.29) is 5.92 Å². The van der Waals surface area contributed by atoms with Gasteiger partial charge in [-0.2, -0.15) is 0 Å². The van der Waals surface area contributed by atoms with Crippen LogP contribution in [0.3, 0.4) is 0 Å². The normalized spacial score (nSPS) is 14.4. The summed E-state index contributed by atoms with van der Waals surface area (Å²) in [4.78, 5) is 14.9. The van der Waals surface area contributed by atoms with Crippen molar-refractivity contribution in [2.75, 3.05) is 0 Å². The zero-order valence-corrected chi connectivity index (χ0v) is 26.3. The Hall–Kier alpha value is -6.19. The lowest BCUT2D eigenvalue weighted by molar-refractivity contribution is 0.854.